The normalized spacial score (nSPS) is 11.9. The first-order valence-corrected chi connectivity index (χ1v) is 5.89. The highest BCUT2D eigenvalue weighted by Crippen LogP contribution is 2.22. The average molecular weight is 258 g/mol. The van der Waals surface area contributed by atoms with Gasteiger partial charge in [0, 0.05) is 13.2 Å². The van der Waals surface area contributed by atoms with Gasteiger partial charge < -0.3 is 15.5 Å². The number of anilines is 1. The molecule has 7 heteroatoms. The van der Waals surface area contributed by atoms with E-state index in [2.05, 4.69) is 10.6 Å². The number of aliphatic hydroxyl groups is 1. The largest absolute Gasteiger partial charge is 0.478 e. The van der Waals surface area contributed by atoms with Gasteiger partial charge in [0.1, 0.15) is 5.00 Å². The van der Waals surface area contributed by atoms with E-state index >= 15 is 0 Å². The number of aromatic carboxylic acids is 1. The van der Waals surface area contributed by atoms with E-state index in [0.29, 0.717) is 11.5 Å². The molecule has 0 bridgehead atoms. The number of amides is 2. The van der Waals surface area contributed by atoms with E-state index in [1.807, 2.05) is 0 Å². The van der Waals surface area contributed by atoms with Crippen molar-refractivity contribution < 1.29 is 19.8 Å². The summed E-state index contributed by atoms with van der Waals surface area (Å²) in [7, 11) is 0. The van der Waals surface area contributed by atoms with E-state index in [4.69, 9.17) is 10.2 Å². The minimum absolute atomic E-state index is 0.0142. The second-order valence-corrected chi connectivity index (χ2v) is 4.51. The van der Waals surface area contributed by atoms with Gasteiger partial charge in [0.25, 0.3) is 0 Å². The van der Waals surface area contributed by atoms with Gasteiger partial charge in [-0.25, -0.2) is 9.59 Å². The standard InChI is InChI=1S/C10H14N2O4S/c1-6(5-13)4-11-10(16)12-8-7(9(14)15)2-3-17-8/h2-3,6,13H,4-5H2,1H3,(H,14,15)(H2,11,12,16). The van der Waals surface area contributed by atoms with Gasteiger partial charge in [0.2, 0.25) is 0 Å². The number of rotatable bonds is 5. The zero-order valence-corrected chi connectivity index (χ0v) is 10.1. The molecule has 0 aliphatic heterocycles. The maximum Gasteiger partial charge on any atom is 0.338 e. The van der Waals surface area contributed by atoms with Crippen molar-refractivity contribution in [2.45, 2.75) is 6.92 Å². The van der Waals surface area contributed by atoms with Crippen molar-refractivity contribution >= 4 is 28.3 Å². The minimum Gasteiger partial charge on any atom is -0.478 e. The summed E-state index contributed by atoms with van der Waals surface area (Å²) in [6.07, 6.45) is 0. The fourth-order valence-electron chi connectivity index (χ4n) is 1.05. The van der Waals surface area contributed by atoms with Crippen molar-refractivity contribution in [3.8, 4) is 0 Å². The second-order valence-electron chi connectivity index (χ2n) is 3.59. The van der Waals surface area contributed by atoms with Gasteiger partial charge >= 0.3 is 12.0 Å². The molecule has 0 aromatic carbocycles. The summed E-state index contributed by atoms with van der Waals surface area (Å²) in [5, 5.41) is 24.5. The topological polar surface area (TPSA) is 98.7 Å². The fourth-order valence-corrected chi connectivity index (χ4v) is 1.83. The predicted molar refractivity (Wildman–Crippen MR) is 64.5 cm³/mol. The van der Waals surface area contributed by atoms with E-state index < -0.39 is 12.0 Å². The summed E-state index contributed by atoms with van der Waals surface area (Å²) >= 11 is 1.14. The molecule has 0 fully saturated rings. The Morgan fingerprint density at radius 3 is 2.82 bits per heavy atom. The van der Waals surface area contributed by atoms with E-state index in [9.17, 15) is 9.59 Å². The number of thiophene rings is 1. The summed E-state index contributed by atoms with van der Waals surface area (Å²) < 4.78 is 0. The lowest BCUT2D eigenvalue weighted by Gasteiger charge is -2.10. The molecule has 1 unspecified atom stereocenters. The molecule has 0 saturated carbocycles. The van der Waals surface area contributed by atoms with Gasteiger partial charge in [-0.1, -0.05) is 6.92 Å². The Balaban J connectivity index is 2.51. The Labute approximate surface area is 102 Å². The summed E-state index contributed by atoms with van der Waals surface area (Å²) in [5.41, 5.74) is 0.0698. The Morgan fingerprint density at radius 1 is 1.53 bits per heavy atom. The number of hydrogen-bond donors (Lipinski definition) is 4. The molecule has 94 valence electrons. The molecule has 6 nitrogen and oxygen atoms in total. The third-order valence-corrected chi connectivity index (χ3v) is 2.88. The molecule has 2 amide bonds. The van der Waals surface area contributed by atoms with Crippen LogP contribution in [0.1, 0.15) is 17.3 Å². The number of carboxylic acids is 1. The van der Waals surface area contributed by atoms with Gasteiger partial charge in [0.05, 0.1) is 5.56 Å². The van der Waals surface area contributed by atoms with Crippen LogP contribution in [0.4, 0.5) is 9.80 Å². The van der Waals surface area contributed by atoms with Crippen molar-refractivity contribution in [2.75, 3.05) is 18.5 Å². The Hall–Kier alpha value is -1.60. The number of nitrogens with one attached hydrogen (secondary N) is 2. The molecule has 1 heterocycles. The Bertz CT molecular complexity index is 405. The zero-order chi connectivity index (χ0) is 12.8. The average Bonchev–Trinajstić information content (AvgIpc) is 2.74. The molecule has 0 aliphatic carbocycles. The predicted octanol–water partition coefficient (Wildman–Crippen LogP) is 1.20. The van der Waals surface area contributed by atoms with E-state index in [0.717, 1.165) is 11.3 Å². The molecule has 0 radical (unpaired) electrons. The summed E-state index contributed by atoms with van der Waals surface area (Å²) in [4.78, 5) is 22.2. The first-order chi connectivity index (χ1) is 8.04. The van der Waals surface area contributed by atoms with Crippen molar-refractivity contribution in [1.82, 2.24) is 5.32 Å². The van der Waals surface area contributed by atoms with Crippen LogP contribution in [0, 0.1) is 5.92 Å². The van der Waals surface area contributed by atoms with E-state index in [-0.39, 0.29) is 18.1 Å². The smallest absolute Gasteiger partial charge is 0.338 e. The van der Waals surface area contributed by atoms with Crippen LogP contribution in [-0.4, -0.2) is 35.4 Å². The molecule has 0 aliphatic rings. The maximum absolute atomic E-state index is 11.4. The highest BCUT2D eigenvalue weighted by Gasteiger charge is 2.13. The van der Waals surface area contributed by atoms with Crippen LogP contribution in [0.15, 0.2) is 11.4 Å². The van der Waals surface area contributed by atoms with E-state index in [1.165, 1.54) is 6.07 Å². The van der Waals surface area contributed by atoms with Gasteiger partial charge in [0.15, 0.2) is 0 Å². The van der Waals surface area contributed by atoms with Crippen LogP contribution in [0.3, 0.4) is 0 Å². The van der Waals surface area contributed by atoms with Gasteiger partial charge in [-0.15, -0.1) is 11.3 Å². The van der Waals surface area contributed by atoms with Crippen molar-refractivity contribution in [2.24, 2.45) is 5.92 Å². The fraction of sp³-hybridized carbons (Fsp3) is 0.400. The molecule has 17 heavy (non-hydrogen) atoms. The zero-order valence-electron chi connectivity index (χ0n) is 9.27. The first-order valence-electron chi connectivity index (χ1n) is 5.01. The Kier molecular flexibility index (Phi) is 4.92. The molecule has 0 saturated heterocycles. The van der Waals surface area contributed by atoms with Crippen molar-refractivity contribution in [3.05, 3.63) is 17.0 Å². The van der Waals surface area contributed by atoms with Crippen LogP contribution in [0.5, 0.6) is 0 Å². The molecule has 4 N–H and O–H groups in total. The SMILES string of the molecule is CC(CO)CNC(=O)Nc1sccc1C(=O)O. The summed E-state index contributed by atoms with van der Waals surface area (Å²) in [5.74, 6) is -1.12. The summed E-state index contributed by atoms with van der Waals surface area (Å²) in [6.45, 7) is 2.10. The molecular formula is C10H14N2O4S. The summed E-state index contributed by atoms with van der Waals surface area (Å²) in [6, 6.07) is 0.953. The van der Waals surface area contributed by atoms with Crippen molar-refractivity contribution in [3.63, 3.8) is 0 Å². The number of hydrogen-bond acceptors (Lipinski definition) is 4. The number of carbonyl (C=O) groups excluding carboxylic acids is 1. The van der Waals surface area contributed by atoms with Gasteiger partial charge in [-0.3, -0.25) is 5.32 Å². The molecular weight excluding hydrogens is 244 g/mol. The molecule has 1 rings (SSSR count). The minimum atomic E-state index is -1.08. The van der Waals surface area contributed by atoms with Crippen LogP contribution < -0.4 is 10.6 Å². The number of urea groups is 1. The van der Waals surface area contributed by atoms with Crippen LogP contribution in [0.25, 0.3) is 0 Å². The lowest BCUT2D eigenvalue weighted by molar-refractivity contribution is 0.0698. The first kappa shape index (κ1) is 13.5. The second kappa shape index (κ2) is 6.21. The number of carbonyl (C=O) groups is 2. The number of carboxylic acid groups (broad SMARTS) is 1. The molecule has 1 atom stereocenters. The third-order valence-electron chi connectivity index (χ3n) is 2.05. The lowest BCUT2D eigenvalue weighted by Crippen LogP contribution is -2.33. The van der Waals surface area contributed by atoms with Gasteiger partial charge in [-0.05, 0) is 17.4 Å². The highest BCUT2D eigenvalue weighted by molar-refractivity contribution is 7.14. The molecule has 1 aromatic rings. The van der Waals surface area contributed by atoms with Crippen LogP contribution in [0.2, 0.25) is 0 Å². The maximum atomic E-state index is 11.4. The Morgan fingerprint density at radius 2 is 2.24 bits per heavy atom. The van der Waals surface area contributed by atoms with Crippen LogP contribution >= 0.6 is 11.3 Å². The molecule has 0 spiro atoms. The highest BCUT2D eigenvalue weighted by atomic mass is 32.1. The van der Waals surface area contributed by atoms with Crippen molar-refractivity contribution in [1.29, 1.82) is 0 Å². The van der Waals surface area contributed by atoms with E-state index in [1.54, 1.807) is 12.3 Å². The van der Waals surface area contributed by atoms with Gasteiger partial charge in [-0.2, -0.15) is 0 Å². The third kappa shape index (κ3) is 4.04. The van der Waals surface area contributed by atoms with Crippen LogP contribution in [-0.2, 0) is 0 Å². The molecule has 1 aromatic heterocycles. The number of aliphatic hydroxyl groups excluding tert-OH is 1. The quantitative estimate of drug-likeness (QED) is 0.637. The monoisotopic (exact) mass is 258 g/mol. The lowest BCUT2D eigenvalue weighted by atomic mass is 10.2.